The summed E-state index contributed by atoms with van der Waals surface area (Å²) in [6.45, 7) is 13.8. The number of esters is 2. The molecule has 7 N–H and O–H groups in total. The maximum Gasteiger partial charge on any atom is 0.340 e. The van der Waals surface area contributed by atoms with Crippen molar-refractivity contribution >= 4 is 69.9 Å². The van der Waals surface area contributed by atoms with E-state index in [0.29, 0.717) is 78.7 Å². The van der Waals surface area contributed by atoms with Crippen LogP contribution in [0.4, 0.5) is 11.4 Å². The van der Waals surface area contributed by atoms with Crippen LogP contribution in [-0.4, -0.2) is 120 Å². The second-order valence-electron chi connectivity index (χ2n) is 28.5. The first-order chi connectivity index (χ1) is 54.3. The fraction of sp³-hybridized carbons (Fsp3) is 0.301. The molecule has 0 aliphatic carbocycles. The molecule has 8 aromatic carbocycles. The van der Waals surface area contributed by atoms with Gasteiger partial charge < -0.3 is 65.0 Å². The number of benzene rings is 8. The Morgan fingerprint density at radius 2 is 1.08 bits per heavy atom. The number of anilines is 1. The average Bonchev–Trinajstić information content (AvgIpc) is 1.62. The number of carbonyl (C=O) groups excluding carboxylic acids is 5. The fourth-order valence-corrected chi connectivity index (χ4v) is 15.8. The van der Waals surface area contributed by atoms with Crippen molar-refractivity contribution in [2.45, 2.75) is 102 Å². The maximum absolute atomic E-state index is 13.4. The third-order valence-electron chi connectivity index (χ3n) is 20.8. The number of aromatic hydroxyl groups is 4. The summed E-state index contributed by atoms with van der Waals surface area (Å²) in [4.78, 5) is 74.4. The Morgan fingerprint density at radius 1 is 0.575 bits per heavy atom. The number of carbonyl (C=O) groups is 5. The number of aryl methyl sites for hydroxylation is 1. The van der Waals surface area contributed by atoms with Gasteiger partial charge in [-0.25, -0.2) is 9.59 Å². The lowest BCUT2D eigenvalue weighted by molar-refractivity contribution is -0.401. The van der Waals surface area contributed by atoms with Gasteiger partial charge in [-0.1, -0.05) is 113 Å². The normalized spacial score (nSPS) is 16.2. The number of allylic oxidation sites excluding steroid dienone is 4. The van der Waals surface area contributed by atoms with Crippen LogP contribution in [0.5, 0.6) is 51.7 Å². The number of halogens is 2. The van der Waals surface area contributed by atoms with E-state index in [1.807, 2.05) is 0 Å². The van der Waals surface area contributed by atoms with Crippen LogP contribution in [0.25, 0.3) is 31.3 Å². The van der Waals surface area contributed by atoms with E-state index in [-0.39, 0.29) is 126 Å². The van der Waals surface area contributed by atoms with Crippen LogP contribution in [-0.2, 0) is 36.3 Å². The molecule has 0 saturated heterocycles. The summed E-state index contributed by atoms with van der Waals surface area (Å²) in [5.74, 6) is -2.28. The number of hydrogen-bond acceptors (Lipinski definition) is 18. The van der Waals surface area contributed by atoms with Crippen molar-refractivity contribution in [2.75, 3.05) is 64.9 Å². The van der Waals surface area contributed by atoms with E-state index in [0.717, 1.165) is 25.8 Å². The highest BCUT2D eigenvalue weighted by Gasteiger charge is 2.57. The van der Waals surface area contributed by atoms with Crippen LogP contribution >= 0.6 is 23.2 Å². The summed E-state index contributed by atoms with van der Waals surface area (Å²) in [5.41, 5.74) is 33.4. The molecule has 0 fully saturated rings. The third-order valence-corrected chi connectivity index (χ3v) is 21.5. The zero-order valence-corrected chi connectivity index (χ0v) is 64.4. The number of rotatable bonds is 23. The number of phenols is 4. The van der Waals surface area contributed by atoms with Gasteiger partial charge in [0.15, 0.2) is 39.9 Å². The van der Waals surface area contributed by atoms with Gasteiger partial charge in [0.2, 0.25) is 11.6 Å². The Hall–Kier alpha value is -12.8. The third kappa shape index (κ3) is 15.2. The molecule has 14 rings (SSSR count). The number of amides is 3. The molecule has 0 bridgehead atoms. The fourth-order valence-electron chi connectivity index (χ4n) is 15.3. The van der Waals surface area contributed by atoms with Gasteiger partial charge in [0.1, 0.15) is 45.8 Å². The summed E-state index contributed by atoms with van der Waals surface area (Å²) in [6, 6.07) is 38.7. The molecule has 1 atom stereocenters. The molecule has 0 aromatic heterocycles. The van der Waals surface area contributed by atoms with E-state index >= 15 is 0 Å². The lowest BCUT2D eigenvalue weighted by Crippen LogP contribution is -2.33. The highest BCUT2D eigenvalue weighted by molar-refractivity contribution is 6.35. The lowest BCUT2D eigenvalue weighted by atomic mass is 9.76. The van der Waals surface area contributed by atoms with E-state index in [9.17, 15) is 44.4 Å². The highest BCUT2D eigenvalue weighted by Crippen LogP contribution is 2.63. The molecule has 30 heteroatoms. The summed E-state index contributed by atoms with van der Waals surface area (Å²) in [5, 5.41) is 59.4. The predicted octanol–water partition coefficient (Wildman–Crippen LogP) is 17.1. The molecule has 0 saturated carbocycles. The van der Waals surface area contributed by atoms with Crippen molar-refractivity contribution in [2.24, 2.45) is 15.3 Å². The van der Waals surface area contributed by atoms with Gasteiger partial charge in [0.05, 0.1) is 29.2 Å². The standard InChI is InChI=1S/C33H42N6O.C26H20Cl2N4O7.C24H18N4O6/c1-32(2)25-15-8-10-17-27(25)38(5)29(32)19-13-20-30-33(3,4)26-16-9-11-18-28(26)39(30)24-12-6-7-21-31(40)35-22-14-23-36-37-34;1-11-8-15-22(18(27)20(11)33)38-23-16(10-17(37-2)21(34)19(23)28)26(15)14-5-4-12(9-13(14)25(36)39-26)24(35)30-6-3-7-31-32-29;25-28-27-9-1-8-26-22(31)13-2-5-17-16(10-13)23(32)34-24(17)18-6-3-14(29)11-20(18)33-21-12-15(30)4-7-19(21)24/h8-11,13,15-20H,6-7,12,14,21-24H2,1-5H3;4-5,8-10,33-34H,3,6-7H2,1-2H3,(H,30,35);2-7,10-12,29-30H,1,8-9H2,(H,26,31)/p+1. The number of fused-ring (bicyclic) bond motifs is 14. The minimum atomic E-state index is -1.66. The molecule has 6 aliphatic rings. The van der Waals surface area contributed by atoms with Crippen LogP contribution in [0.15, 0.2) is 173 Å². The Kier molecular flexibility index (Phi) is 23.6. The van der Waals surface area contributed by atoms with Crippen molar-refractivity contribution in [1.82, 2.24) is 16.0 Å². The van der Waals surface area contributed by atoms with Gasteiger partial charge in [0, 0.05) is 153 Å². The highest BCUT2D eigenvalue weighted by atomic mass is 35.5. The van der Waals surface area contributed by atoms with Crippen LogP contribution in [0.1, 0.15) is 164 Å². The number of ether oxygens (including phenoxy) is 5. The number of methoxy groups -OCH3 is 1. The summed E-state index contributed by atoms with van der Waals surface area (Å²) < 4.78 is 31.6. The van der Waals surface area contributed by atoms with Gasteiger partial charge in [-0.05, 0) is 153 Å². The van der Waals surface area contributed by atoms with Gasteiger partial charge in [-0.3, -0.25) is 14.4 Å². The number of phenolic OH excluding ortho intramolecular Hbond substituents is 4. The van der Waals surface area contributed by atoms with Crippen molar-refractivity contribution in [3.05, 3.63) is 271 Å². The molecule has 3 amide bonds. The van der Waals surface area contributed by atoms with E-state index in [1.165, 1.54) is 89.6 Å². The summed E-state index contributed by atoms with van der Waals surface area (Å²) >= 11 is 13.0. The topological polar surface area (TPSA) is 401 Å². The van der Waals surface area contributed by atoms with Gasteiger partial charge >= 0.3 is 11.9 Å². The van der Waals surface area contributed by atoms with Gasteiger partial charge in [0.25, 0.3) is 11.8 Å². The van der Waals surface area contributed by atoms with Crippen LogP contribution in [0, 0.1) is 6.92 Å². The number of nitrogens with zero attached hydrogens (tertiary/aromatic N) is 11. The molecule has 28 nitrogen and oxygen atoms in total. The summed E-state index contributed by atoms with van der Waals surface area (Å²) in [7, 11) is 3.50. The molecule has 1 unspecified atom stereocenters. The Bertz CT molecular complexity index is 5400. The molecule has 113 heavy (non-hydrogen) atoms. The second-order valence-corrected chi connectivity index (χ2v) is 29.2. The molecule has 6 heterocycles. The molecule has 2 spiro atoms. The van der Waals surface area contributed by atoms with Crippen molar-refractivity contribution in [1.29, 1.82) is 0 Å². The smallest absolute Gasteiger partial charge is 0.340 e. The Labute approximate surface area is 659 Å². The van der Waals surface area contributed by atoms with Crippen molar-refractivity contribution in [3.8, 4) is 51.7 Å². The number of para-hydroxylation sites is 2. The van der Waals surface area contributed by atoms with Crippen LogP contribution in [0.3, 0.4) is 0 Å². The first-order valence-electron chi connectivity index (χ1n) is 36.5. The quantitative estimate of drug-likeness (QED) is 0.00781. The predicted molar refractivity (Wildman–Crippen MR) is 424 cm³/mol. The molecule has 0 radical (unpaired) electrons. The van der Waals surface area contributed by atoms with E-state index in [4.69, 9.17) is 63.5 Å². The number of nitrogens with one attached hydrogen (secondary N) is 3. The van der Waals surface area contributed by atoms with Crippen LogP contribution < -0.4 is 35.1 Å². The largest absolute Gasteiger partial charge is 0.508 e. The van der Waals surface area contributed by atoms with Crippen LogP contribution in [0.2, 0.25) is 10.0 Å². The second kappa shape index (κ2) is 33.4. The molecular weight excluding hydrogens is 1490 g/mol. The number of azide groups is 3. The zero-order valence-electron chi connectivity index (χ0n) is 62.9. The van der Waals surface area contributed by atoms with Crippen molar-refractivity contribution in [3.63, 3.8) is 0 Å². The minimum absolute atomic E-state index is 0.00741. The SMILES string of the molecule is COc1cc2c(c(Cl)c1O)Oc1c(cc(C)c(O)c1Cl)C21OC(=O)c2cc(C(=O)NCCCN=[N+]=[N-])ccc21.C[N+]1=C(C=CC=C2N(CCCCCC(=O)NCCCN=[N+]=[N-])c3ccccc3C2(C)C)C(C)(C)c2ccccc21.[N-]=[N+]=NCCCNC(=O)c1ccc2c(c1)C(=O)OC21c2ccc(O)cc2Oc2cc(O)ccc21. The van der Waals surface area contributed by atoms with Gasteiger partial charge in [-0.15, -0.1) is 0 Å². The summed E-state index contributed by atoms with van der Waals surface area (Å²) in [6.07, 6.45) is 11.8. The molecular formula is C83H81Cl2N14O14+. The number of unbranched alkanes of at least 4 members (excludes halogenated alkanes) is 2. The first-order valence-corrected chi connectivity index (χ1v) is 37.3. The lowest BCUT2D eigenvalue weighted by Gasteiger charge is -2.37. The Morgan fingerprint density at radius 3 is 1.63 bits per heavy atom. The van der Waals surface area contributed by atoms with E-state index in [2.05, 4.69) is 157 Å². The zero-order chi connectivity index (χ0) is 80.7. The minimum Gasteiger partial charge on any atom is -0.508 e. The Balaban J connectivity index is 0.000000157. The monoisotopic (exact) mass is 1570 g/mol. The average molecular weight is 1570 g/mol. The molecule has 6 aliphatic heterocycles. The van der Waals surface area contributed by atoms with Crippen molar-refractivity contribution < 1.29 is 72.7 Å². The molecule has 580 valence electrons. The number of hydrogen-bond donors (Lipinski definition) is 7. The molecule has 8 aromatic rings. The van der Waals surface area contributed by atoms with E-state index < -0.39 is 34.8 Å². The van der Waals surface area contributed by atoms with E-state index in [1.54, 1.807) is 43.3 Å². The van der Waals surface area contributed by atoms with Gasteiger partial charge in [-0.2, -0.15) is 4.58 Å². The maximum atomic E-state index is 13.4. The first kappa shape index (κ1) is 79.7.